The van der Waals surface area contributed by atoms with E-state index in [-0.39, 0.29) is 18.0 Å². The molecule has 2 atom stereocenters. The molecule has 84 valence electrons. The maximum absolute atomic E-state index is 11.8. The first kappa shape index (κ1) is 10.5. The second-order valence-corrected chi connectivity index (χ2v) is 4.43. The first-order valence-electron chi connectivity index (χ1n) is 5.55. The van der Waals surface area contributed by atoms with Gasteiger partial charge in [-0.25, -0.2) is 4.79 Å². The van der Waals surface area contributed by atoms with Crippen LogP contribution in [0.15, 0.2) is 0 Å². The molecular formula is C11H16O4. The van der Waals surface area contributed by atoms with E-state index >= 15 is 0 Å². The average Bonchev–Trinajstić information content (AvgIpc) is 2.36. The number of cyclic esters (lactones) is 1. The van der Waals surface area contributed by atoms with Crippen molar-refractivity contribution < 1.29 is 19.1 Å². The molecule has 0 saturated carbocycles. The molecule has 2 aliphatic heterocycles. The summed E-state index contributed by atoms with van der Waals surface area (Å²) < 4.78 is 10.5. The summed E-state index contributed by atoms with van der Waals surface area (Å²) in [7, 11) is 0. The van der Waals surface area contributed by atoms with Crippen molar-refractivity contribution in [1.29, 1.82) is 0 Å². The van der Waals surface area contributed by atoms with Gasteiger partial charge in [0.05, 0.1) is 6.10 Å². The second kappa shape index (κ2) is 3.83. The van der Waals surface area contributed by atoms with E-state index in [1.54, 1.807) is 0 Å². The van der Waals surface area contributed by atoms with Gasteiger partial charge in [-0.1, -0.05) is 0 Å². The highest BCUT2D eigenvalue weighted by atomic mass is 16.6. The van der Waals surface area contributed by atoms with E-state index in [2.05, 4.69) is 0 Å². The van der Waals surface area contributed by atoms with Crippen molar-refractivity contribution in [1.82, 2.24) is 0 Å². The third-order valence-electron chi connectivity index (χ3n) is 3.16. The number of esters is 2. The van der Waals surface area contributed by atoms with Crippen LogP contribution in [0.3, 0.4) is 0 Å². The van der Waals surface area contributed by atoms with Crippen molar-refractivity contribution in [2.75, 3.05) is 0 Å². The van der Waals surface area contributed by atoms with Crippen LogP contribution < -0.4 is 0 Å². The Morgan fingerprint density at radius 2 is 2.07 bits per heavy atom. The zero-order valence-electron chi connectivity index (χ0n) is 8.95. The molecule has 4 nitrogen and oxygen atoms in total. The molecule has 0 aromatic rings. The van der Waals surface area contributed by atoms with Gasteiger partial charge in [0.1, 0.15) is 0 Å². The number of hydrogen-bond donors (Lipinski definition) is 0. The van der Waals surface area contributed by atoms with Gasteiger partial charge < -0.3 is 9.47 Å². The fourth-order valence-electron chi connectivity index (χ4n) is 2.21. The minimum Gasteiger partial charge on any atom is -0.460 e. The Kier molecular flexibility index (Phi) is 2.67. The smallest absolute Gasteiger partial charge is 0.350 e. The highest BCUT2D eigenvalue weighted by Gasteiger charge is 2.47. The lowest BCUT2D eigenvalue weighted by Gasteiger charge is -2.35. The largest absolute Gasteiger partial charge is 0.460 e. The number of carbonyl (C=O) groups is 2. The summed E-state index contributed by atoms with van der Waals surface area (Å²) in [4.78, 5) is 23.1. The Morgan fingerprint density at radius 3 is 2.80 bits per heavy atom. The summed E-state index contributed by atoms with van der Waals surface area (Å²) in [6, 6.07) is 0. The van der Waals surface area contributed by atoms with Crippen LogP contribution >= 0.6 is 0 Å². The van der Waals surface area contributed by atoms with Crippen LogP contribution in [-0.4, -0.2) is 23.6 Å². The lowest BCUT2D eigenvalue weighted by molar-refractivity contribution is -0.195. The van der Waals surface area contributed by atoms with E-state index in [9.17, 15) is 9.59 Å². The SMILES string of the molecule is C[C@@H]1CC[C@]2(CCCCC(=O)O2)C(=O)O1. The van der Waals surface area contributed by atoms with Crippen molar-refractivity contribution in [3.8, 4) is 0 Å². The van der Waals surface area contributed by atoms with E-state index in [0.717, 1.165) is 19.3 Å². The van der Waals surface area contributed by atoms with Gasteiger partial charge in [0.2, 0.25) is 5.60 Å². The monoisotopic (exact) mass is 212 g/mol. The number of ether oxygens (including phenoxy) is 2. The van der Waals surface area contributed by atoms with E-state index in [0.29, 0.717) is 19.3 Å². The van der Waals surface area contributed by atoms with Gasteiger partial charge in [0.25, 0.3) is 0 Å². The van der Waals surface area contributed by atoms with Crippen molar-refractivity contribution >= 4 is 11.9 Å². The summed E-state index contributed by atoms with van der Waals surface area (Å²) >= 11 is 0. The average molecular weight is 212 g/mol. The van der Waals surface area contributed by atoms with Gasteiger partial charge in [-0.05, 0) is 32.6 Å². The predicted molar refractivity (Wildman–Crippen MR) is 52.1 cm³/mol. The van der Waals surface area contributed by atoms with Gasteiger partial charge in [-0.3, -0.25) is 4.79 Å². The minimum absolute atomic E-state index is 0.0509. The summed E-state index contributed by atoms with van der Waals surface area (Å²) in [6.07, 6.45) is 4.04. The van der Waals surface area contributed by atoms with E-state index in [1.807, 2.05) is 6.92 Å². The molecule has 0 unspecified atom stereocenters. The van der Waals surface area contributed by atoms with Crippen LogP contribution in [0.5, 0.6) is 0 Å². The van der Waals surface area contributed by atoms with Crippen molar-refractivity contribution in [2.24, 2.45) is 0 Å². The molecule has 1 spiro atoms. The third-order valence-corrected chi connectivity index (χ3v) is 3.16. The summed E-state index contributed by atoms with van der Waals surface area (Å²) in [5, 5.41) is 0. The Morgan fingerprint density at radius 1 is 1.27 bits per heavy atom. The quantitative estimate of drug-likeness (QED) is 0.572. The van der Waals surface area contributed by atoms with Crippen LogP contribution in [0.1, 0.15) is 45.4 Å². The molecule has 4 heteroatoms. The summed E-state index contributed by atoms with van der Waals surface area (Å²) in [5.41, 5.74) is -0.958. The fraction of sp³-hybridized carbons (Fsp3) is 0.818. The molecule has 0 aromatic heterocycles. The molecule has 0 radical (unpaired) electrons. The molecular weight excluding hydrogens is 196 g/mol. The van der Waals surface area contributed by atoms with Crippen molar-refractivity contribution in [2.45, 2.75) is 57.2 Å². The molecule has 0 amide bonds. The molecule has 0 bridgehead atoms. The van der Waals surface area contributed by atoms with Crippen LogP contribution in [-0.2, 0) is 19.1 Å². The number of carbonyl (C=O) groups excluding carboxylic acids is 2. The van der Waals surface area contributed by atoms with Gasteiger partial charge in [-0.15, -0.1) is 0 Å². The fourth-order valence-corrected chi connectivity index (χ4v) is 2.21. The van der Waals surface area contributed by atoms with Gasteiger partial charge in [0.15, 0.2) is 0 Å². The second-order valence-electron chi connectivity index (χ2n) is 4.43. The Balaban J connectivity index is 2.16. The molecule has 2 heterocycles. The Labute approximate surface area is 88.9 Å². The van der Waals surface area contributed by atoms with Crippen LogP contribution in [0.4, 0.5) is 0 Å². The molecule has 0 aliphatic carbocycles. The van der Waals surface area contributed by atoms with Crippen LogP contribution in [0.25, 0.3) is 0 Å². The molecule has 0 N–H and O–H groups in total. The predicted octanol–water partition coefficient (Wildman–Crippen LogP) is 1.57. The zero-order chi connectivity index (χ0) is 10.9. The number of rotatable bonds is 0. The third kappa shape index (κ3) is 1.98. The molecule has 2 aliphatic rings. The molecule has 2 rings (SSSR count). The summed E-state index contributed by atoms with van der Waals surface area (Å²) in [5.74, 6) is -0.615. The standard InChI is InChI=1S/C11H16O4/c1-8-5-7-11(10(13)14-8)6-3-2-4-9(12)15-11/h8H,2-7H2,1H3/t8-,11-/m1/s1. The molecule has 0 aromatic carbocycles. The Bertz CT molecular complexity index is 286. The van der Waals surface area contributed by atoms with E-state index in [1.165, 1.54) is 0 Å². The Hall–Kier alpha value is -1.06. The maximum Gasteiger partial charge on any atom is 0.350 e. The first-order valence-corrected chi connectivity index (χ1v) is 5.55. The van der Waals surface area contributed by atoms with E-state index in [4.69, 9.17) is 9.47 Å². The summed E-state index contributed by atoms with van der Waals surface area (Å²) in [6.45, 7) is 1.86. The van der Waals surface area contributed by atoms with E-state index < -0.39 is 5.60 Å². The van der Waals surface area contributed by atoms with Gasteiger partial charge in [0, 0.05) is 12.8 Å². The van der Waals surface area contributed by atoms with Gasteiger partial charge in [-0.2, -0.15) is 0 Å². The highest BCUT2D eigenvalue weighted by Crippen LogP contribution is 2.35. The van der Waals surface area contributed by atoms with Crippen molar-refractivity contribution in [3.05, 3.63) is 0 Å². The molecule has 2 fully saturated rings. The topological polar surface area (TPSA) is 52.6 Å². The molecule has 15 heavy (non-hydrogen) atoms. The minimum atomic E-state index is -0.958. The van der Waals surface area contributed by atoms with Crippen LogP contribution in [0.2, 0.25) is 0 Å². The molecule has 2 saturated heterocycles. The van der Waals surface area contributed by atoms with Crippen LogP contribution in [0, 0.1) is 0 Å². The van der Waals surface area contributed by atoms with Gasteiger partial charge >= 0.3 is 11.9 Å². The lowest BCUT2D eigenvalue weighted by Crippen LogP contribution is -2.48. The van der Waals surface area contributed by atoms with Crippen molar-refractivity contribution in [3.63, 3.8) is 0 Å². The highest BCUT2D eigenvalue weighted by molar-refractivity contribution is 5.84. The zero-order valence-corrected chi connectivity index (χ0v) is 8.95. The lowest BCUT2D eigenvalue weighted by atomic mass is 9.88. The number of hydrogen-bond acceptors (Lipinski definition) is 4. The first-order chi connectivity index (χ1) is 7.12. The maximum atomic E-state index is 11.8. The normalized spacial score (nSPS) is 37.0.